The van der Waals surface area contributed by atoms with Crippen LogP contribution in [0.5, 0.6) is 0 Å². The Morgan fingerprint density at radius 3 is 2.29 bits per heavy atom. The molecule has 0 aliphatic carbocycles. The molecule has 0 radical (unpaired) electrons. The Labute approximate surface area is 167 Å². The van der Waals surface area contributed by atoms with Crippen LogP contribution in [0.2, 0.25) is 0 Å². The van der Waals surface area contributed by atoms with E-state index in [-0.39, 0.29) is 12.5 Å². The maximum atomic E-state index is 12.7. The highest BCUT2D eigenvalue weighted by molar-refractivity contribution is 5.89. The van der Waals surface area contributed by atoms with E-state index >= 15 is 0 Å². The van der Waals surface area contributed by atoms with E-state index in [2.05, 4.69) is 10.6 Å². The molecule has 2 N–H and O–H groups in total. The fraction of sp³-hybridized carbons (Fsp3) is 0.571. The summed E-state index contributed by atoms with van der Waals surface area (Å²) >= 11 is 0. The minimum absolute atomic E-state index is 0.118. The number of rotatable bonds is 11. The Morgan fingerprint density at radius 2 is 1.71 bits per heavy atom. The third-order valence-electron chi connectivity index (χ3n) is 4.18. The Balaban J connectivity index is 2.69. The summed E-state index contributed by atoms with van der Waals surface area (Å²) in [7, 11) is 1.29. The Hall–Kier alpha value is -2.57. The predicted molar refractivity (Wildman–Crippen MR) is 106 cm³/mol. The van der Waals surface area contributed by atoms with Crippen molar-refractivity contribution in [1.29, 1.82) is 0 Å². The van der Waals surface area contributed by atoms with E-state index in [0.717, 1.165) is 18.4 Å². The smallest absolute Gasteiger partial charge is 0.408 e. The first-order valence-corrected chi connectivity index (χ1v) is 9.72. The van der Waals surface area contributed by atoms with Crippen molar-refractivity contribution in [3.8, 4) is 0 Å². The second-order valence-electron chi connectivity index (χ2n) is 7.11. The average Bonchev–Trinajstić information content (AvgIpc) is 2.68. The molecule has 0 fully saturated rings. The first-order valence-electron chi connectivity index (χ1n) is 9.72. The van der Waals surface area contributed by atoms with Gasteiger partial charge in [-0.05, 0) is 24.3 Å². The third-order valence-corrected chi connectivity index (χ3v) is 4.18. The number of unbranched alkanes of at least 4 members (excludes halogenated alkanes) is 1. The molecule has 28 heavy (non-hydrogen) atoms. The standard InChI is InChI=1S/C21H32N2O5/c1-5-6-12-17(19(24)22-18(13-15(2)3)20(25)27-4)23-21(26)28-14-16-10-8-7-9-11-16/h7-11,15,17-18H,5-6,12-14H2,1-4H3,(H,22,24)(H,23,26)/t17-,18+/m0/s1. The molecular formula is C21H32N2O5. The van der Waals surface area contributed by atoms with Gasteiger partial charge in [-0.2, -0.15) is 0 Å². The van der Waals surface area contributed by atoms with Crippen molar-refractivity contribution < 1.29 is 23.9 Å². The molecule has 2 atom stereocenters. The summed E-state index contributed by atoms with van der Waals surface area (Å²) in [6, 6.07) is 7.77. The van der Waals surface area contributed by atoms with Crippen LogP contribution in [-0.4, -0.2) is 37.2 Å². The Kier molecular flexibility index (Phi) is 10.7. The molecule has 0 aliphatic heterocycles. The van der Waals surface area contributed by atoms with Crippen molar-refractivity contribution in [2.24, 2.45) is 5.92 Å². The topological polar surface area (TPSA) is 93.7 Å². The number of hydrogen-bond acceptors (Lipinski definition) is 5. The lowest BCUT2D eigenvalue weighted by molar-refractivity contribution is -0.145. The quantitative estimate of drug-likeness (QED) is 0.564. The molecule has 1 rings (SSSR count). The molecule has 1 aromatic rings. The summed E-state index contributed by atoms with van der Waals surface area (Å²) in [4.78, 5) is 36.8. The third kappa shape index (κ3) is 8.88. The molecule has 156 valence electrons. The molecule has 7 nitrogen and oxygen atoms in total. The zero-order chi connectivity index (χ0) is 20.9. The summed E-state index contributed by atoms with van der Waals surface area (Å²) in [5, 5.41) is 5.32. The molecule has 0 heterocycles. The van der Waals surface area contributed by atoms with Gasteiger partial charge < -0.3 is 20.1 Å². The van der Waals surface area contributed by atoms with Crippen LogP contribution in [0.4, 0.5) is 4.79 Å². The lowest BCUT2D eigenvalue weighted by Crippen LogP contribution is -2.52. The Bertz CT molecular complexity index is 618. The van der Waals surface area contributed by atoms with Gasteiger partial charge in [0.1, 0.15) is 18.7 Å². The van der Waals surface area contributed by atoms with E-state index < -0.39 is 30.1 Å². The minimum atomic E-state index is -0.775. The molecule has 0 spiro atoms. The molecule has 0 aromatic heterocycles. The van der Waals surface area contributed by atoms with E-state index in [0.29, 0.717) is 12.8 Å². The van der Waals surface area contributed by atoms with Crippen LogP contribution < -0.4 is 10.6 Å². The summed E-state index contributed by atoms with van der Waals surface area (Å²) in [6.07, 6.45) is 1.87. The van der Waals surface area contributed by atoms with Gasteiger partial charge in [0.25, 0.3) is 0 Å². The van der Waals surface area contributed by atoms with E-state index in [1.54, 1.807) is 0 Å². The Morgan fingerprint density at radius 1 is 1.04 bits per heavy atom. The summed E-state index contributed by atoms with van der Waals surface area (Å²) in [5.41, 5.74) is 0.856. The summed E-state index contributed by atoms with van der Waals surface area (Å²) < 4.78 is 9.98. The van der Waals surface area contributed by atoms with Crippen molar-refractivity contribution in [3.05, 3.63) is 35.9 Å². The average molecular weight is 392 g/mol. The van der Waals surface area contributed by atoms with Crippen LogP contribution >= 0.6 is 0 Å². The van der Waals surface area contributed by atoms with Crippen LogP contribution in [0.3, 0.4) is 0 Å². The number of methoxy groups -OCH3 is 1. The predicted octanol–water partition coefficient (Wildman–Crippen LogP) is 3.18. The highest BCUT2D eigenvalue weighted by Gasteiger charge is 2.27. The minimum Gasteiger partial charge on any atom is -0.467 e. The maximum absolute atomic E-state index is 12.7. The second-order valence-corrected chi connectivity index (χ2v) is 7.11. The fourth-order valence-corrected chi connectivity index (χ4v) is 2.68. The molecule has 2 amide bonds. The molecule has 7 heteroatoms. The van der Waals surface area contributed by atoms with Crippen LogP contribution in [0.15, 0.2) is 30.3 Å². The van der Waals surface area contributed by atoms with Crippen LogP contribution in [-0.2, 0) is 25.7 Å². The maximum Gasteiger partial charge on any atom is 0.408 e. The highest BCUT2D eigenvalue weighted by atomic mass is 16.5. The van der Waals surface area contributed by atoms with E-state index in [1.165, 1.54) is 7.11 Å². The molecular weight excluding hydrogens is 360 g/mol. The molecule has 0 unspecified atom stereocenters. The van der Waals surface area contributed by atoms with E-state index in [1.807, 2.05) is 51.1 Å². The second kappa shape index (κ2) is 12.8. The lowest BCUT2D eigenvalue weighted by Gasteiger charge is -2.23. The van der Waals surface area contributed by atoms with Crippen LogP contribution in [0.1, 0.15) is 52.0 Å². The SMILES string of the molecule is CCCC[C@H](NC(=O)OCc1ccccc1)C(=O)N[C@H](CC(C)C)C(=O)OC. The zero-order valence-electron chi connectivity index (χ0n) is 17.2. The molecule has 0 bridgehead atoms. The number of esters is 1. The lowest BCUT2D eigenvalue weighted by atomic mass is 10.0. The monoisotopic (exact) mass is 392 g/mol. The number of benzene rings is 1. The number of alkyl carbamates (subject to hydrolysis) is 1. The normalized spacial score (nSPS) is 12.8. The zero-order valence-corrected chi connectivity index (χ0v) is 17.2. The number of amides is 2. The van der Waals surface area contributed by atoms with E-state index in [9.17, 15) is 14.4 Å². The van der Waals surface area contributed by atoms with Gasteiger partial charge in [0.2, 0.25) is 5.91 Å². The van der Waals surface area contributed by atoms with Gasteiger partial charge in [0, 0.05) is 0 Å². The molecule has 1 aromatic carbocycles. The number of ether oxygens (including phenoxy) is 2. The van der Waals surface area contributed by atoms with Gasteiger partial charge in [-0.1, -0.05) is 63.9 Å². The van der Waals surface area contributed by atoms with Crippen molar-refractivity contribution in [2.75, 3.05) is 7.11 Å². The number of carbonyl (C=O) groups excluding carboxylic acids is 3. The van der Waals surface area contributed by atoms with Crippen molar-refractivity contribution >= 4 is 18.0 Å². The largest absolute Gasteiger partial charge is 0.467 e. The van der Waals surface area contributed by atoms with Crippen molar-refractivity contribution in [3.63, 3.8) is 0 Å². The van der Waals surface area contributed by atoms with Gasteiger partial charge in [-0.3, -0.25) is 4.79 Å². The first kappa shape index (κ1) is 23.5. The van der Waals surface area contributed by atoms with Crippen LogP contribution in [0.25, 0.3) is 0 Å². The molecule has 0 saturated carbocycles. The summed E-state index contributed by atoms with van der Waals surface area (Å²) in [5.74, 6) is -0.716. The van der Waals surface area contributed by atoms with Gasteiger partial charge >= 0.3 is 12.1 Å². The van der Waals surface area contributed by atoms with Gasteiger partial charge in [-0.25, -0.2) is 9.59 Å². The van der Waals surface area contributed by atoms with Gasteiger partial charge in [0.05, 0.1) is 7.11 Å². The highest BCUT2D eigenvalue weighted by Crippen LogP contribution is 2.09. The van der Waals surface area contributed by atoms with Crippen molar-refractivity contribution in [1.82, 2.24) is 10.6 Å². The molecule has 0 saturated heterocycles. The van der Waals surface area contributed by atoms with Gasteiger partial charge in [-0.15, -0.1) is 0 Å². The van der Waals surface area contributed by atoms with Gasteiger partial charge in [0.15, 0.2) is 0 Å². The first-order chi connectivity index (χ1) is 13.4. The number of hydrogen-bond donors (Lipinski definition) is 2. The van der Waals surface area contributed by atoms with Crippen molar-refractivity contribution in [2.45, 2.75) is 65.1 Å². The van der Waals surface area contributed by atoms with E-state index in [4.69, 9.17) is 9.47 Å². The summed E-state index contributed by atoms with van der Waals surface area (Å²) in [6.45, 7) is 6.03. The fourth-order valence-electron chi connectivity index (χ4n) is 2.68. The number of nitrogens with one attached hydrogen (secondary N) is 2. The molecule has 0 aliphatic rings. The van der Waals surface area contributed by atoms with Crippen LogP contribution in [0, 0.1) is 5.92 Å². The number of carbonyl (C=O) groups is 3.